The number of unbranched alkanes of at least 4 members (excludes halogenated alkanes) is 4. The van der Waals surface area contributed by atoms with Crippen LogP contribution >= 0.6 is 0 Å². The van der Waals surface area contributed by atoms with Gasteiger partial charge in [0.05, 0.1) is 47.1 Å². The highest BCUT2D eigenvalue weighted by Gasteiger charge is 2.66. The number of epoxide rings is 2. The number of ether oxygens (including phenoxy) is 4. The van der Waals surface area contributed by atoms with Crippen molar-refractivity contribution in [3.63, 3.8) is 0 Å². The quantitative estimate of drug-likeness (QED) is 0.0582. The first kappa shape index (κ1) is 43.4. The molecular formula is C40H66O10. The maximum atomic E-state index is 14.0. The summed E-state index contributed by atoms with van der Waals surface area (Å²) < 4.78 is 23.0. The highest BCUT2D eigenvalue weighted by atomic mass is 16.6. The molecule has 2 N–H and O–H groups in total. The maximum absolute atomic E-state index is 14.0. The van der Waals surface area contributed by atoms with Crippen molar-refractivity contribution in [1.29, 1.82) is 0 Å². The zero-order valence-electron chi connectivity index (χ0n) is 31.7. The van der Waals surface area contributed by atoms with Gasteiger partial charge in [0.2, 0.25) is 0 Å². The molecule has 0 radical (unpaired) electrons. The first-order valence-corrected chi connectivity index (χ1v) is 19.2. The molecule has 10 heteroatoms. The second kappa shape index (κ2) is 21.0. The lowest BCUT2D eigenvalue weighted by atomic mass is 9.57. The summed E-state index contributed by atoms with van der Waals surface area (Å²) in [7, 11) is 0. The van der Waals surface area contributed by atoms with Gasteiger partial charge in [0.1, 0.15) is 13.2 Å². The van der Waals surface area contributed by atoms with Crippen LogP contribution in [0.1, 0.15) is 131 Å². The van der Waals surface area contributed by atoms with Gasteiger partial charge >= 0.3 is 23.9 Å². The third-order valence-electron chi connectivity index (χ3n) is 11.3. The Kier molecular flexibility index (Phi) is 18.2. The standard InChI is InChI=1S/C34H54O10.2C3H6/c1-5-9-11-13-21(7-3)33(19-27-25(43-27)17-23(33)29(35)36)31(39)41-15-16-42-32(40)34(22(8-4)14-12-10-6-2)20-28-26(44-28)18-24(34)30(37)38;2*1-3-2/h21-28H,5-20H2,1-4H3,(H,35,36)(H,37,38);2*3H,1H2,2H3. The highest BCUT2D eigenvalue weighted by molar-refractivity contribution is 5.87. The zero-order chi connectivity index (χ0) is 37.5. The molecule has 2 saturated carbocycles. The van der Waals surface area contributed by atoms with Gasteiger partial charge < -0.3 is 29.2 Å². The first-order chi connectivity index (χ1) is 23.9. The minimum atomic E-state index is -1.21. The number of carboxylic acid groups (broad SMARTS) is 2. The molecule has 0 aromatic carbocycles. The Morgan fingerprint density at radius 2 is 1.02 bits per heavy atom. The number of esters is 2. The average Bonchev–Trinajstić information content (AvgIpc) is 4.01. The predicted octanol–water partition coefficient (Wildman–Crippen LogP) is 8.17. The molecule has 10 atom stereocenters. The van der Waals surface area contributed by atoms with Crippen LogP contribution < -0.4 is 0 Å². The van der Waals surface area contributed by atoms with Crippen LogP contribution in [-0.2, 0) is 38.1 Å². The molecule has 286 valence electrons. The molecule has 0 bridgehead atoms. The normalized spacial score (nSPS) is 31.3. The number of carbonyl (C=O) groups is 4. The van der Waals surface area contributed by atoms with Gasteiger partial charge in [-0.2, -0.15) is 0 Å². The monoisotopic (exact) mass is 706 g/mol. The molecular weight excluding hydrogens is 640 g/mol. The van der Waals surface area contributed by atoms with E-state index in [9.17, 15) is 29.4 Å². The van der Waals surface area contributed by atoms with Crippen LogP contribution in [0.3, 0.4) is 0 Å². The summed E-state index contributed by atoms with van der Waals surface area (Å²) in [5.74, 6) is -5.30. The average molecular weight is 707 g/mol. The summed E-state index contributed by atoms with van der Waals surface area (Å²) in [6, 6.07) is 0. The topological polar surface area (TPSA) is 152 Å². The van der Waals surface area contributed by atoms with Crippen LogP contribution in [0.2, 0.25) is 0 Å². The van der Waals surface area contributed by atoms with E-state index in [-0.39, 0.29) is 62.3 Å². The highest BCUT2D eigenvalue weighted by Crippen LogP contribution is 2.57. The molecule has 10 unspecified atom stereocenters. The van der Waals surface area contributed by atoms with Gasteiger partial charge in [0.15, 0.2) is 0 Å². The van der Waals surface area contributed by atoms with Crippen molar-refractivity contribution in [2.24, 2.45) is 34.5 Å². The van der Waals surface area contributed by atoms with Crippen LogP contribution in [-0.4, -0.2) is 71.7 Å². The summed E-state index contributed by atoms with van der Waals surface area (Å²) in [6.07, 6.45) is 12.8. The van der Waals surface area contributed by atoms with Crippen molar-refractivity contribution in [3.05, 3.63) is 25.3 Å². The van der Waals surface area contributed by atoms with Crippen molar-refractivity contribution >= 4 is 23.9 Å². The van der Waals surface area contributed by atoms with Crippen LogP contribution in [0.4, 0.5) is 0 Å². The van der Waals surface area contributed by atoms with Crippen molar-refractivity contribution in [1.82, 2.24) is 0 Å². The van der Waals surface area contributed by atoms with E-state index >= 15 is 0 Å². The van der Waals surface area contributed by atoms with E-state index in [2.05, 4.69) is 27.0 Å². The fourth-order valence-electron chi connectivity index (χ4n) is 8.77. The lowest BCUT2D eigenvalue weighted by Gasteiger charge is -2.44. The number of aliphatic carboxylic acids is 2. The lowest BCUT2D eigenvalue weighted by Crippen LogP contribution is -2.53. The van der Waals surface area contributed by atoms with Crippen molar-refractivity contribution in [2.45, 2.75) is 156 Å². The van der Waals surface area contributed by atoms with Crippen molar-refractivity contribution in [2.75, 3.05) is 13.2 Å². The Balaban J connectivity index is 0.00000135. The third kappa shape index (κ3) is 10.4. The number of fused-ring (bicyclic) bond motifs is 2. The van der Waals surface area contributed by atoms with E-state index in [1.807, 2.05) is 27.7 Å². The van der Waals surface area contributed by atoms with Gasteiger partial charge in [-0.1, -0.05) is 91.2 Å². The first-order valence-electron chi connectivity index (χ1n) is 19.2. The maximum Gasteiger partial charge on any atom is 0.313 e. The van der Waals surface area contributed by atoms with E-state index in [1.54, 1.807) is 12.2 Å². The van der Waals surface area contributed by atoms with Gasteiger partial charge in [-0.15, -0.1) is 13.2 Å². The van der Waals surface area contributed by atoms with Gasteiger partial charge in [-0.25, -0.2) is 0 Å². The molecule has 4 fully saturated rings. The molecule has 2 aliphatic carbocycles. The minimum absolute atomic E-state index is 0.126. The molecule has 0 amide bonds. The summed E-state index contributed by atoms with van der Waals surface area (Å²) in [5.41, 5.74) is -2.42. The number of hydrogen-bond donors (Lipinski definition) is 2. The minimum Gasteiger partial charge on any atom is -0.481 e. The smallest absolute Gasteiger partial charge is 0.313 e. The number of allylic oxidation sites excluding steroid dienone is 2. The fourth-order valence-corrected chi connectivity index (χ4v) is 8.77. The summed E-state index contributed by atoms with van der Waals surface area (Å²) >= 11 is 0. The van der Waals surface area contributed by atoms with E-state index < -0.39 is 46.5 Å². The molecule has 4 rings (SSSR count). The Bertz CT molecular complexity index is 1040. The van der Waals surface area contributed by atoms with Crippen LogP contribution in [0.15, 0.2) is 25.3 Å². The van der Waals surface area contributed by atoms with E-state index in [4.69, 9.17) is 18.9 Å². The van der Waals surface area contributed by atoms with Crippen molar-refractivity contribution in [3.8, 4) is 0 Å². The summed E-state index contributed by atoms with van der Waals surface area (Å²) in [5, 5.41) is 20.5. The number of carbonyl (C=O) groups excluding carboxylic acids is 2. The molecule has 4 aliphatic rings. The Morgan fingerprint density at radius 1 is 0.680 bits per heavy atom. The van der Waals surface area contributed by atoms with Gasteiger partial charge in [0, 0.05) is 0 Å². The van der Waals surface area contributed by atoms with Gasteiger partial charge in [-0.3, -0.25) is 19.2 Å². The second-order valence-corrected chi connectivity index (χ2v) is 14.5. The fraction of sp³-hybridized carbons (Fsp3) is 0.800. The third-order valence-corrected chi connectivity index (χ3v) is 11.3. The second-order valence-electron chi connectivity index (χ2n) is 14.5. The van der Waals surface area contributed by atoms with E-state index in [0.717, 1.165) is 51.4 Å². The Hall–Kier alpha value is -2.72. The number of rotatable bonds is 19. The van der Waals surface area contributed by atoms with E-state index in [1.165, 1.54) is 0 Å². The summed E-state index contributed by atoms with van der Waals surface area (Å²) in [4.78, 5) is 53.0. The number of hydrogen-bond acceptors (Lipinski definition) is 8. The zero-order valence-corrected chi connectivity index (χ0v) is 31.7. The number of carboxylic acids is 2. The van der Waals surface area contributed by atoms with Crippen molar-refractivity contribution < 1.29 is 48.3 Å². The Morgan fingerprint density at radius 3 is 1.30 bits per heavy atom. The van der Waals surface area contributed by atoms with Crippen LogP contribution in [0.5, 0.6) is 0 Å². The van der Waals surface area contributed by atoms with E-state index in [0.29, 0.717) is 25.7 Å². The van der Waals surface area contributed by atoms with Crippen LogP contribution in [0, 0.1) is 34.5 Å². The van der Waals surface area contributed by atoms with Gasteiger partial charge in [-0.05, 0) is 64.2 Å². The molecule has 2 aliphatic heterocycles. The predicted molar refractivity (Wildman–Crippen MR) is 192 cm³/mol. The lowest BCUT2D eigenvalue weighted by molar-refractivity contribution is -0.182. The molecule has 50 heavy (non-hydrogen) atoms. The van der Waals surface area contributed by atoms with Crippen LogP contribution in [0.25, 0.3) is 0 Å². The van der Waals surface area contributed by atoms with Gasteiger partial charge in [0.25, 0.3) is 0 Å². The largest absolute Gasteiger partial charge is 0.481 e. The molecule has 0 spiro atoms. The molecule has 0 aromatic rings. The molecule has 2 heterocycles. The molecule has 0 aromatic heterocycles. The SMILES string of the molecule is C=CC.C=CC.CCCCCC(CC)C1(C(=O)OCCOC(=O)C2(C(CC)CCCCC)CC3OC3CC2C(=O)O)CC2OC2CC1C(=O)O. The molecule has 10 nitrogen and oxygen atoms in total. The summed E-state index contributed by atoms with van der Waals surface area (Å²) in [6.45, 7) is 18.3. The molecule has 2 saturated heterocycles. The Labute approximate surface area is 300 Å².